The van der Waals surface area contributed by atoms with Crippen LogP contribution in [0.15, 0.2) is 77.7 Å². The lowest BCUT2D eigenvalue weighted by Gasteiger charge is -2.33. The second-order valence-corrected chi connectivity index (χ2v) is 9.65. The first-order chi connectivity index (χ1) is 14.8. The summed E-state index contributed by atoms with van der Waals surface area (Å²) in [6, 6.07) is 19.4. The Morgan fingerprint density at radius 2 is 1.61 bits per heavy atom. The van der Waals surface area contributed by atoms with E-state index >= 15 is 0 Å². The lowest BCUT2D eigenvalue weighted by atomic mass is 9.76. The first-order valence-corrected chi connectivity index (χ1v) is 11.6. The second-order valence-electron chi connectivity index (χ2n) is 7.66. The summed E-state index contributed by atoms with van der Waals surface area (Å²) >= 11 is 0. The van der Waals surface area contributed by atoms with Crippen molar-refractivity contribution in [2.24, 2.45) is 0 Å². The van der Waals surface area contributed by atoms with E-state index in [1.807, 2.05) is 0 Å². The normalized spacial score (nSPS) is 23.6. The number of sulfone groups is 1. The summed E-state index contributed by atoms with van der Waals surface area (Å²) < 4.78 is 38.5. The van der Waals surface area contributed by atoms with Crippen molar-refractivity contribution in [1.29, 1.82) is 0 Å². The van der Waals surface area contributed by atoms with E-state index in [0.29, 0.717) is 17.9 Å². The van der Waals surface area contributed by atoms with Crippen molar-refractivity contribution in [3.05, 3.63) is 89.5 Å². The van der Waals surface area contributed by atoms with E-state index < -0.39 is 32.6 Å². The van der Waals surface area contributed by atoms with E-state index in [4.69, 9.17) is 9.47 Å². The quantitative estimate of drug-likeness (QED) is 0.661. The number of para-hydroxylation sites is 1. The lowest BCUT2D eigenvalue weighted by Crippen LogP contribution is -2.53. The Labute approximate surface area is 180 Å². The van der Waals surface area contributed by atoms with Crippen LogP contribution in [0.5, 0.6) is 11.5 Å². The third-order valence-electron chi connectivity index (χ3n) is 6.00. The fourth-order valence-corrected chi connectivity index (χ4v) is 6.44. The maximum atomic E-state index is 13.8. The molecule has 2 aliphatic rings. The molecule has 1 N–H and O–H groups in total. The molecule has 0 aromatic heterocycles. The van der Waals surface area contributed by atoms with Crippen LogP contribution in [0.3, 0.4) is 0 Å². The predicted molar refractivity (Wildman–Crippen MR) is 113 cm³/mol. The first kappa shape index (κ1) is 19.8. The molecule has 0 bridgehead atoms. The Morgan fingerprint density at radius 1 is 0.935 bits per heavy atom. The summed E-state index contributed by atoms with van der Waals surface area (Å²) in [6.45, 7) is 2.15. The van der Waals surface area contributed by atoms with Gasteiger partial charge in [0.25, 0.3) is 5.79 Å². The third kappa shape index (κ3) is 2.53. The number of ether oxygens (including phenoxy) is 2. The molecule has 0 spiro atoms. The minimum Gasteiger partial charge on any atom is -0.490 e. The van der Waals surface area contributed by atoms with Gasteiger partial charge in [-0.25, -0.2) is 8.42 Å². The van der Waals surface area contributed by atoms with Gasteiger partial charge in [-0.15, -0.1) is 0 Å². The van der Waals surface area contributed by atoms with Crippen LogP contribution in [0.25, 0.3) is 0 Å². The van der Waals surface area contributed by atoms with Crippen molar-refractivity contribution in [1.82, 2.24) is 0 Å². The molecule has 1 aliphatic heterocycles. The van der Waals surface area contributed by atoms with Gasteiger partial charge in [-0.05, 0) is 25.1 Å². The van der Waals surface area contributed by atoms with E-state index in [9.17, 15) is 18.3 Å². The van der Waals surface area contributed by atoms with Gasteiger partial charge in [0.15, 0.2) is 27.1 Å². The fraction of sp³-hybridized carbons (Fsp3) is 0.208. The Hall–Kier alpha value is -3.16. The van der Waals surface area contributed by atoms with Gasteiger partial charge in [-0.2, -0.15) is 0 Å². The Bertz CT molecular complexity index is 1300. The number of fused-ring (bicyclic) bond motifs is 5. The number of carbonyl (C=O) groups excluding carboxylic acids is 1. The number of hydrogen-bond acceptors (Lipinski definition) is 6. The standard InChI is InChI=1S/C24H20O6S/c1-2-29-20-14-8-13-19-21(20)30-24(26)18-12-7-6-11-17(18)22(25)23(19,24)15-31(27,28)16-9-4-3-5-10-16/h3-14,26H,2,15H2,1H3. The number of benzene rings is 3. The van der Waals surface area contributed by atoms with E-state index in [2.05, 4.69) is 0 Å². The molecule has 2 atom stereocenters. The molecule has 1 heterocycles. The molecule has 0 saturated heterocycles. The smallest absolute Gasteiger partial charge is 0.254 e. The molecular weight excluding hydrogens is 416 g/mol. The van der Waals surface area contributed by atoms with E-state index in [0.717, 1.165) is 0 Å². The summed E-state index contributed by atoms with van der Waals surface area (Å²) in [7, 11) is -3.97. The maximum Gasteiger partial charge on any atom is 0.254 e. The van der Waals surface area contributed by atoms with Crippen molar-refractivity contribution < 1.29 is 27.8 Å². The molecule has 7 heteroatoms. The van der Waals surface area contributed by atoms with Gasteiger partial charge >= 0.3 is 0 Å². The average molecular weight is 436 g/mol. The molecule has 3 aromatic carbocycles. The molecule has 0 amide bonds. The minimum absolute atomic E-state index is 0.0740. The Morgan fingerprint density at radius 3 is 2.35 bits per heavy atom. The van der Waals surface area contributed by atoms with Gasteiger partial charge in [0.1, 0.15) is 5.41 Å². The average Bonchev–Trinajstić information content (AvgIpc) is 3.13. The Balaban J connectivity index is 1.78. The van der Waals surface area contributed by atoms with Gasteiger partial charge in [0, 0.05) is 16.7 Å². The van der Waals surface area contributed by atoms with Crippen LogP contribution >= 0.6 is 0 Å². The Kier molecular flexibility index (Phi) is 4.26. The highest BCUT2D eigenvalue weighted by Crippen LogP contribution is 2.62. The zero-order chi connectivity index (χ0) is 21.9. The summed E-state index contributed by atoms with van der Waals surface area (Å²) in [5, 5.41) is 11.9. The van der Waals surface area contributed by atoms with Crippen LogP contribution in [-0.4, -0.2) is 31.7 Å². The van der Waals surface area contributed by atoms with Gasteiger partial charge in [0.2, 0.25) is 0 Å². The van der Waals surface area contributed by atoms with Gasteiger partial charge in [0.05, 0.1) is 17.3 Å². The van der Waals surface area contributed by atoms with Crippen LogP contribution in [0.4, 0.5) is 0 Å². The highest BCUT2D eigenvalue weighted by Gasteiger charge is 2.72. The minimum atomic E-state index is -3.97. The van der Waals surface area contributed by atoms with E-state index in [-0.39, 0.29) is 21.8 Å². The molecule has 6 nitrogen and oxygen atoms in total. The zero-order valence-corrected chi connectivity index (χ0v) is 17.6. The molecule has 0 radical (unpaired) electrons. The maximum absolute atomic E-state index is 13.8. The molecule has 31 heavy (non-hydrogen) atoms. The molecule has 0 fully saturated rings. The van der Waals surface area contributed by atoms with Gasteiger partial charge in [-0.3, -0.25) is 4.79 Å². The third-order valence-corrected chi connectivity index (χ3v) is 7.80. The van der Waals surface area contributed by atoms with Crippen molar-refractivity contribution in [2.75, 3.05) is 12.4 Å². The zero-order valence-electron chi connectivity index (χ0n) is 16.7. The largest absolute Gasteiger partial charge is 0.490 e. The van der Waals surface area contributed by atoms with E-state index in [1.54, 1.807) is 67.6 Å². The summed E-state index contributed by atoms with van der Waals surface area (Å²) in [4.78, 5) is 13.9. The van der Waals surface area contributed by atoms with Crippen molar-refractivity contribution >= 4 is 15.6 Å². The van der Waals surface area contributed by atoms with E-state index in [1.165, 1.54) is 12.1 Å². The number of rotatable bonds is 5. The molecule has 158 valence electrons. The van der Waals surface area contributed by atoms with Crippen LogP contribution in [0, 0.1) is 0 Å². The highest BCUT2D eigenvalue weighted by atomic mass is 32.2. The summed E-state index contributed by atoms with van der Waals surface area (Å²) in [5.41, 5.74) is -1.04. The van der Waals surface area contributed by atoms with Crippen LogP contribution in [0.2, 0.25) is 0 Å². The molecule has 5 rings (SSSR count). The van der Waals surface area contributed by atoms with Crippen molar-refractivity contribution in [3.8, 4) is 11.5 Å². The first-order valence-electron chi connectivity index (χ1n) is 9.95. The topological polar surface area (TPSA) is 89.9 Å². The number of aliphatic hydroxyl groups is 1. The predicted octanol–water partition coefficient (Wildman–Crippen LogP) is 3.23. The monoisotopic (exact) mass is 436 g/mol. The number of Topliss-reactive ketones (excluding diaryl/α,β-unsaturated/α-hetero) is 1. The van der Waals surface area contributed by atoms with Crippen molar-refractivity contribution in [3.63, 3.8) is 0 Å². The number of ketones is 1. The molecule has 2 unspecified atom stereocenters. The van der Waals surface area contributed by atoms with Gasteiger partial charge < -0.3 is 14.6 Å². The molecule has 0 saturated carbocycles. The molecular formula is C24H20O6S. The number of carbonyl (C=O) groups is 1. The molecule has 3 aromatic rings. The van der Waals surface area contributed by atoms with Crippen molar-refractivity contribution in [2.45, 2.75) is 23.0 Å². The second kappa shape index (κ2) is 6.67. The summed E-state index contributed by atoms with van der Waals surface area (Å²) in [6.07, 6.45) is 0. The van der Waals surface area contributed by atoms with Gasteiger partial charge in [-0.1, -0.05) is 54.6 Å². The van der Waals surface area contributed by atoms with Crippen LogP contribution in [-0.2, 0) is 21.0 Å². The SMILES string of the molecule is CCOc1cccc2c1OC1(O)c3ccccc3C(=O)C21CS(=O)(=O)c1ccccc1. The van der Waals surface area contributed by atoms with Crippen LogP contribution < -0.4 is 9.47 Å². The molecule has 1 aliphatic carbocycles. The summed E-state index contributed by atoms with van der Waals surface area (Å²) in [5.74, 6) is -2.76. The fourth-order valence-electron chi connectivity index (χ4n) is 4.65. The lowest BCUT2D eigenvalue weighted by molar-refractivity contribution is -0.159. The highest BCUT2D eigenvalue weighted by molar-refractivity contribution is 7.91. The van der Waals surface area contributed by atoms with Crippen LogP contribution in [0.1, 0.15) is 28.4 Å². The number of hydrogen-bond donors (Lipinski definition) is 1.